The molecule has 0 spiro atoms. The average molecular weight is 356 g/mol. The topological polar surface area (TPSA) is 96.0 Å². The lowest BCUT2D eigenvalue weighted by molar-refractivity contribution is -0.143. The maximum absolute atomic E-state index is 12.2. The van der Waals surface area contributed by atoms with E-state index in [2.05, 4.69) is 0 Å². The summed E-state index contributed by atoms with van der Waals surface area (Å²) in [5.41, 5.74) is 0.287. The van der Waals surface area contributed by atoms with Crippen molar-refractivity contribution in [3.05, 3.63) is 23.8 Å². The van der Waals surface area contributed by atoms with Crippen molar-refractivity contribution in [3.63, 3.8) is 0 Å². The Morgan fingerprint density at radius 2 is 1.96 bits per heavy atom. The van der Waals surface area contributed by atoms with Crippen LogP contribution in [-0.2, 0) is 19.4 Å². The van der Waals surface area contributed by atoms with Crippen LogP contribution in [0.25, 0.3) is 0 Å². The van der Waals surface area contributed by atoms with Gasteiger partial charge in [0, 0.05) is 12.5 Å². The summed E-state index contributed by atoms with van der Waals surface area (Å²) in [6.45, 7) is -0.416. The van der Waals surface area contributed by atoms with Crippen molar-refractivity contribution in [3.8, 4) is 11.5 Å². The number of carbonyl (C=O) groups is 2. The molecule has 1 aliphatic rings. The molecule has 1 aliphatic heterocycles. The number of carbonyl (C=O) groups excluding carboxylic acids is 2. The van der Waals surface area contributed by atoms with Gasteiger partial charge < -0.3 is 14.2 Å². The second kappa shape index (κ2) is 7.65. The number of sulfone groups is 1. The highest BCUT2D eigenvalue weighted by Gasteiger charge is 2.30. The van der Waals surface area contributed by atoms with Crippen molar-refractivity contribution < 1.29 is 32.2 Å². The third-order valence-electron chi connectivity index (χ3n) is 3.86. The molecule has 1 atom stereocenters. The molecular weight excluding hydrogens is 336 g/mol. The van der Waals surface area contributed by atoms with Gasteiger partial charge in [-0.2, -0.15) is 0 Å². The Morgan fingerprint density at radius 3 is 2.54 bits per heavy atom. The summed E-state index contributed by atoms with van der Waals surface area (Å²) < 4.78 is 37.9. The fourth-order valence-corrected chi connectivity index (χ4v) is 4.44. The second-order valence-electron chi connectivity index (χ2n) is 5.62. The molecule has 0 saturated carbocycles. The zero-order valence-electron chi connectivity index (χ0n) is 13.6. The summed E-state index contributed by atoms with van der Waals surface area (Å²) in [7, 11) is -0.104. The van der Waals surface area contributed by atoms with Crippen LogP contribution in [0.2, 0.25) is 0 Å². The molecule has 0 aliphatic carbocycles. The highest BCUT2D eigenvalue weighted by molar-refractivity contribution is 7.91. The molecule has 2 rings (SSSR count). The number of ketones is 1. The van der Waals surface area contributed by atoms with Gasteiger partial charge in [0.2, 0.25) is 5.78 Å². The molecule has 0 aromatic heterocycles. The van der Waals surface area contributed by atoms with E-state index in [0.29, 0.717) is 17.9 Å². The van der Waals surface area contributed by atoms with E-state index < -0.39 is 28.2 Å². The molecule has 1 aromatic carbocycles. The molecular formula is C16H20O7S. The molecule has 1 aromatic rings. The highest BCUT2D eigenvalue weighted by Crippen LogP contribution is 2.25. The minimum Gasteiger partial charge on any atom is -0.497 e. The van der Waals surface area contributed by atoms with E-state index in [0.717, 1.165) is 0 Å². The molecule has 132 valence electrons. The van der Waals surface area contributed by atoms with Crippen molar-refractivity contribution in [2.24, 2.45) is 5.92 Å². The Bertz CT molecular complexity index is 724. The number of benzene rings is 1. The van der Waals surface area contributed by atoms with Crippen molar-refractivity contribution >= 4 is 21.6 Å². The van der Waals surface area contributed by atoms with Gasteiger partial charge in [-0.25, -0.2) is 8.42 Å². The first kappa shape index (κ1) is 18.3. The van der Waals surface area contributed by atoms with Gasteiger partial charge >= 0.3 is 5.97 Å². The average Bonchev–Trinajstić information content (AvgIpc) is 2.90. The van der Waals surface area contributed by atoms with E-state index >= 15 is 0 Å². The number of rotatable bonds is 7. The van der Waals surface area contributed by atoms with E-state index in [9.17, 15) is 18.0 Å². The van der Waals surface area contributed by atoms with Crippen LogP contribution in [0.4, 0.5) is 0 Å². The van der Waals surface area contributed by atoms with Gasteiger partial charge in [0.05, 0.1) is 31.3 Å². The van der Waals surface area contributed by atoms with Crippen LogP contribution < -0.4 is 9.47 Å². The van der Waals surface area contributed by atoms with E-state index in [1.807, 2.05) is 0 Å². The molecule has 1 saturated heterocycles. The molecule has 7 nitrogen and oxygen atoms in total. The predicted molar refractivity (Wildman–Crippen MR) is 86.2 cm³/mol. The summed E-state index contributed by atoms with van der Waals surface area (Å²) in [5.74, 6) is -0.219. The van der Waals surface area contributed by atoms with Crippen LogP contribution in [0.3, 0.4) is 0 Å². The monoisotopic (exact) mass is 356 g/mol. The van der Waals surface area contributed by atoms with Gasteiger partial charge in [-0.1, -0.05) is 0 Å². The first-order chi connectivity index (χ1) is 11.3. The van der Waals surface area contributed by atoms with E-state index in [1.54, 1.807) is 12.1 Å². The fraction of sp³-hybridized carbons (Fsp3) is 0.500. The maximum Gasteiger partial charge on any atom is 0.306 e. The molecule has 8 heteroatoms. The van der Waals surface area contributed by atoms with E-state index in [1.165, 1.54) is 20.3 Å². The lowest BCUT2D eigenvalue weighted by Gasteiger charge is -2.11. The zero-order valence-corrected chi connectivity index (χ0v) is 14.4. The van der Waals surface area contributed by atoms with Gasteiger partial charge in [0.25, 0.3) is 0 Å². The fourth-order valence-electron chi connectivity index (χ4n) is 2.58. The van der Waals surface area contributed by atoms with Gasteiger partial charge in [0.15, 0.2) is 16.4 Å². The van der Waals surface area contributed by atoms with Crippen molar-refractivity contribution in [1.82, 2.24) is 0 Å². The van der Waals surface area contributed by atoms with E-state index in [-0.39, 0.29) is 29.4 Å². The van der Waals surface area contributed by atoms with Gasteiger partial charge in [-0.15, -0.1) is 0 Å². The molecule has 1 heterocycles. The number of hydrogen-bond donors (Lipinski definition) is 0. The quantitative estimate of drug-likeness (QED) is 0.536. The molecule has 0 amide bonds. The highest BCUT2D eigenvalue weighted by atomic mass is 32.2. The molecule has 1 fully saturated rings. The minimum atomic E-state index is -3.03. The number of Topliss-reactive ketones (excluding diaryl/α,β-unsaturated/α-hetero) is 1. The Kier molecular flexibility index (Phi) is 5.82. The van der Waals surface area contributed by atoms with Crippen LogP contribution in [0.1, 0.15) is 23.2 Å². The van der Waals surface area contributed by atoms with E-state index in [4.69, 9.17) is 14.2 Å². The van der Waals surface area contributed by atoms with Crippen LogP contribution >= 0.6 is 0 Å². The summed E-state index contributed by atoms with van der Waals surface area (Å²) in [6.07, 6.45) is 0.462. The zero-order chi connectivity index (χ0) is 17.7. The number of esters is 1. The normalized spacial score (nSPS) is 18.8. The van der Waals surface area contributed by atoms with Gasteiger partial charge in [-0.05, 0) is 24.5 Å². The van der Waals surface area contributed by atoms with Crippen LogP contribution in [0, 0.1) is 5.92 Å². The summed E-state index contributed by atoms with van der Waals surface area (Å²) in [5, 5.41) is 0. The smallest absolute Gasteiger partial charge is 0.306 e. The largest absolute Gasteiger partial charge is 0.497 e. The molecule has 0 N–H and O–H groups in total. The lowest BCUT2D eigenvalue weighted by atomic mass is 10.1. The molecule has 0 unspecified atom stereocenters. The Morgan fingerprint density at radius 1 is 1.21 bits per heavy atom. The predicted octanol–water partition coefficient (Wildman–Crippen LogP) is 1.25. The standard InChI is InChI=1S/C16H20O7S/c1-21-12-3-4-13(15(8-12)22-2)14(17)9-23-16(18)7-11-5-6-24(19,20)10-11/h3-4,8,11H,5-7,9-10H2,1-2H3/t11-/m1/s1. The minimum absolute atomic E-state index is 0.00233. The third-order valence-corrected chi connectivity index (χ3v) is 5.69. The SMILES string of the molecule is COc1ccc(C(=O)COC(=O)C[C@H]2CCS(=O)(=O)C2)c(OC)c1. The Hall–Kier alpha value is -2.09. The number of methoxy groups -OCH3 is 2. The molecule has 0 bridgehead atoms. The number of ether oxygens (including phenoxy) is 3. The molecule has 0 radical (unpaired) electrons. The maximum atomic E-state index is 12.2. The number of hydrogen-bond acceptors (Lipinski definition) is 7. The molecule has 24 heavy (non-hydrogen) atoms. The first-order valence-corrected chi connectivity index (χ1v) is 9.28. The van der Waals surface area contributed by atoms with Crippen molar-refractivity contribution in [2.45, 2.75) is 12.8 Å². The summed E-state index contributed by atoms with van der Waals surface area (Å²) >= 11 is 0. The van der Waals surface area contributed by atoms with Crippen molar-refractivity contribution in [1.29, 1.82) is 0 Å². The third kappa shape index (κ3) is 4.70. The Balaban J connectivity index is 1.90. The van der Waals surface area contributed by atoms with Crippen LogP contribution in [-0.4, -0.2) is 52.5 Å². The summed E-state index contributed by atoms with van der Waals surface area (Å²) in [4.78, 5) is 24.0. The first-order valence-electron chi connectivity index (χ1n) is 7.46. The summed E-state index contributed by atoms with van der Waals surface area (Å²) in [6, 6.07) is 4.72. The van der Waals surface area contributed by atoms with Crippen LogP contribution in [0.15, 0.2) is 18.2 Å². The second-order valence-corrected chi connectivity index (χ2v) is 7.85. The van der Waals surface area contributed by atoms with Crippen molar-refractivity contribution in [2.75, 3.05) is 32.3 Å². The lowest BCUT2D eigenvalue weighted by Crippen LogP contribution is -2.18. The van der Waals surface area contributed by atoms with Gasteiger partial charge in [0.1, 0.15) is 11.5 Å². The Labute approximate surface area is 140 Å². The van der Waals surface area contributed by atoms with Crippen LogP contribution in [0.5, 0.6) is 11.5 Å². The van der Waals surface area contributed by atoms with Gasteiger partial charge in [-0.3, -0.25) is 9.59 Å².